The van der Waals surface area contributed by atoms with E-state index in [4.69, 9.17) is 5.11 Å². The van der Waals surface area contributed by atoms with E-state index in [0.29, 0.717) is 6.42 Å². The zero-order valence-electron chi connectivity index (χ0n) is 12.1. The molecule has 20 heavy (non-hydrogen) atoms. The quantitative estimate of drug-likeness (QED) is 0.789. The minimum Gasteiger partial charge on any atom is -0.480 e. The monoisotopic (exact) mass is 303 g/mol. The predicted molar refractivity (Wildman–Crippen MR) is 73.8 cm³/mol. The smallest absolute Gasteiger partial charge is 0.322 e. The van der Waals surface area contributed by atoms with Crippen LogP contribution in [0.3, 0.4) is 0 Å². The van der Waals surface area contributed by atoms with Gasteiger partial charge in [-0.2, -0.15) is 9.82 Å². The number of sulfonamides is 1. The van der Waals surface area contributed by atoms with Gasteiger partial charge in [-0.1, -0.05) is 20.3 Å². The molecule has 8 heteroatoms. The number of nitrogens with zero attached hydrogens (tertiary/aromatic N) is 2. The standard InChI is InChI=1S/C12H21N3O4S/c1-5-9(4)11(12(16)17)14-20(18,19)10-6-13-15(7-10)8(2)3/h6-9,11,14H,5H2,1-4H3,(H,16,17)/t9-,11-/m0/s1. The summed E-state index contributed by atoms with van der Waals surface area (Å²) in [4.78, 5) is 11.1. The van der Waals surface area contributed by atoms with E-state index in [2.05, 4.69) is 9.82 Å². The van der Waals surface area contributed by atoms with E-state index in [1.54, 1.807) is 6.92 Å². The third-order valence-corrected chi connectivity index (χ3v) is 4.57. The van der Waals surface area contributed by atoms with E-state index in [1.165, 1.54) is 17.1 Å². The van der Waals surface area contributed by atoms with Crippen molar-refractivity contribution in [3.63, 3.8) is 0 Å². The fourth-order valence-corrected chi connectivity index (χ4v) is 2.86. The first-order valence-corrected chi connectivity index (χ1v) is 7.96. The van der Waals surface area contributed by atoms with E-state index < -0.39 is 22.0 Å². The molecule has 0 aliphatic heterocycles. The molecule has 1 heterocycles. The second-order valence-corrected chi connectivity index (χ2v) is 6.79. The Morgan fingerprint density at radius 1 is 1.45 bits per heavy atom. The van der Waals surface area contributed by atoms with Crippen LogP contribution in [0.1, 0.15) is 40.2 Å². The fraction of sp³-hybridized carbons (Fsp3) is 0.667. The van der Waals surface area contributed by atoms with Crippen LogP contribution in [-0.2, 0) is 14.8 Å². The summed E-state index contributed by atoms with van der Waals surface area (Å²) in [5.41, 5.74) is 0. The average molecular weight is 303 g/mol. The van der Waals surface area contributed by atoms with Gasteiger partial charge in [0.25, 0.3) is 0 Å². The van der Waals surface area contributed by atoms with Crippen LogP contribution in [0.2, 0.25) is 0 Å². The second kappa shape index (κ2) is 6.36. The molecule has 0 spiro atoms. The van der Waals surface area contributed by atoms with Gasteiger partial charge < -0.3 is 5.11 Å². The number of carboxylic acid groups (broad SMARTS) is 1. The Balaban J connectivity index is 3.00. The second-order valence-electron chi connectivity index (χ2n) is 5.07. The normalized spacial score (nSPS) is 15.2. The number of rotatable bonds is 7. The highest BCUT2D eigenvalue weighted by molar-refractivity contribution is 7.89. The summed E-state index contributed by atoms with van der Waals surface area (Å²) >= 11 is 0. The van der Waals surface area contributed by atoms with E-state index in [1.807, 2.05) is 20.8 Å². The number of hydrogen-bond acceptors (Lipinski definition) is 4. The summed E-state index contributed by atoms with van der Waals surface area (Å²) in [6.45, 7) is 7.25. The highest BCUT2D eigenvalue weighted by Gasteiger charge is 2.30. The van der Waals surface area contributed by atoms with Crippen LogP contribution < -0.4 is 4.72 Å². The molecule has 2 atom stereocenters. The van der Waals surface area contributed by atoms with Gasteiger partial charge >= 0.3 is 5.97 Å². The van der Waals surface area contributed by atoms with Crippen molar-refractivity contribution < 1.29 is 18.3 Å². The molecule has 0 aliphatic rings. The summed E-state index contributed by atoms with van der Waals surface area (Å²) in [7, 11) is -3.89. The Labute approximate surface area is 119 Å². The van der Waals surface area contributed by atoms with Gasteiger partial charge in [-0.15, -0.1) is 0 Å². The lowest BCUT2D eigenvalue weighted by Crippen LogP contribution is -2.44. The largest absolute Gasteiger partial charge is 0.480 e. The summed E-state index contributed by atoms with van der Waals surface area (Å²) in [5, 5.41) is 13.1. The summed E-state index contributed by atoms with van der Waals surface area (Å²) < 4.78 is 28.1. The van der Waals surface area contributed by atoms with Crippen molar-refractivity contribution >= 4 is 16.0 Å². The van der Waals surface area contributed by atoms with Crippen LogP contribution in [-0.4, -0.2) is 35.3 Å². The molecule has 0 saturated heterocycles. The first kappa shape index (κ1) is 16.6. The molecule has 0 radical (unpaired) electrons. The average Bonchev–Trinajstić information content (AvgIpc) is 2.85. The predicted octanol–water partition coefficient (Wildman–Crippen LogP) is 1.24. The van der Waals surface area contributed by atoms with Crippen LogP contribution >= 0.6 is 0 Å². The van der Waals surface area contributed by atoms with Gasteiger partial charge in [-0.3, -0.25) is 9.48 Å². The van der Waals surface area contributed by atoms with Crippen molar-refractivity contribution in [1.82, 2.24) is 14.5 Å². The zero-order valence-corrected chi connectivity index (χ0v) is 12.9. The first-order chi connectivity index (χ1) is 9.19. The lowest BCUT2D eigenvalue weighted by molar-refractivity contribution is -0.140. The molecular formula is C12H21N3O4S. The third kappa shape index (κ3) is 3.80. The maximum Gasteiger partial charge on any atom is 0.322 e. The topological polar surface area (TPSA) is 101 Å². The Morgan fingerprint density at radius 3 is 2.45 bits per heavy atom. The summed E-state index contributed by atoms with van der Waals surface area (Å²) in [5.74, 6) is -1.48. The zero-order chi connectivity index (χ0) is 15.5. The van der Waals surface area contributed by atoms with Crippen molar-refractivity contribution in [1.29, 1.82) is 0 Å². The number of aliphatic carboxylic acids is 1. The van der Waals surface area contributed by atoms with Gasteiger partial charge in [0.2, 0.25) is 10.0 Å². The summed E-state index contributed by atoms with van der Waals surface area (Å²) in [6, 6.07) is -1.11. The minimum absolute atomic E-state index is 0.0271. The number of hydrogen-bond donors (Lipinski definition) is 2. The van der Waals surface area contributed by atoms with Crippen molar-refractivity contribution in [2.24, 2.45) is 5.92 Å². The van der Waals surface area contributed by atoms with E-state index in [-0.39, 0.29) is 16.9 Å². The van der Waals surface area contributed by atoms with Gasteiger partial charge in [0.1, 0.15) is 10.9 Å². The van der Waals surface area contributed by atoms with Crippen molar-refractivity contribution in [2.45, 2.75) is 51.1 Å². The van der Waals surface area contributed by atoms with Crippen LogP contribution in [0.5, 0.6) is 0 Å². The number of aromatic nitrogens is 2. The highest BCUT2D eigenvalue weighted by Crippen LogP contribution is 2.15. The van der Waals surface area contributed by atoms with Gasteiger partial charge in [-0.05, 0) is 19.8 Å². The molecule has 1 rings (SSSR count). The molecule has 0 aliphatic carbocycles. The minimum atomic E-state index is -3.89. The van der Waals surface area contributed by atoms with Crippen LogP contribution in [0.4, 0.5) is 0 Å². The molecular weight excluding hydrogens is 282 g/mol. The maximum absolute atomic E-state index is 12.2. The van der Waals surface area contributed by atoms with E-state index >= 15 is 0 Å². The van der Waals surface area contributed by atoms with Gasteiger partial charge in [0.15, 0.2) is 0 Å². The number of carboxylic acids is 1. The molecule has 0 bridgehead atoms. The Kier molecular flexibility index (Phi) is 5.29. The molecule has 0 saturated carbocycles. The highest BCUT2D eigenvalue weighted by atomic mass is 32.2. The number of carbonyl (C=O) groups is 1. The van der Waals surface area contributed by atoms with Crippen LogP contribution in [0.15, 0.2) is 17.3 Å². The molecule has 7 nitrogen and oxygen atoms in total. The molecule has 0 amide bonds. The third-order valence-electron chi connectivity index (χ3n) is 3.18. The molecule has 0 aromatic carbocycles. The lowest BCUT2D eigenvalue weighted by atomic mass is 10.0. The van der Waals surface area contributed by atoms with Crippen molar-refractivity contribution in [3.05, 3.63) is 12.4 Å². The first-order valence-electron chi connectivity index (χ1n) is 6.48. The molecule has 1 aromatic heterocycles. The molecule has 0 fully saturated rings. The van der Waals surface area contributed by atoms with E-state index in [0.717, 1.165) is 0 Å². The molecule has 0 unspecified atom stereocenters. The van der Waals surface area contributed by atoms with Crippen molar-refractivity contribution in [2.75, 3.05) is 0 Å². The SMILES string of the molecule is CC[C@H](C)[C@H](NS(=O)(=O)c1cnn(C(C)C)c1)C(=O)O. The van der Waals surface area contributed by atoms with Crippen molar-refractivity contribution in [3.8, 4) is 0 Å². The Bertz CT molecular complexity index is 565. The summed E-state index contributed by atoms with van der Waals surface area (Å²) in [6.07, 6.45) is 3.17. The van der Waals surface area contributed by atoms with Gasteiger partial charge in [0, 0.05) is 12.2 Å². The molecule has 2 N–H and O–H groups in total. The van der Waals surface area contributed by atoms with E-state index in [9.17, 15) is 13.2 Å². The van der Waals surface area contributed by atoms with Crippen LogP contribution in [0.25, 0.3) is 0 Å². The van der Waals surface area contributed by atoms with Gasteiger partial charge in [0.05, 0.1) is 6.20 Å². The number of nitrogens with one attached hydrogen (secondary N) is 1. The lowest BCUT2D eigenvalue weighted by Gasteiger charge is -2.19. The molecule has 114 valence electrons. The van der Waals surface area contributed by atoms with Gasteiger partial charge in [-0.25, -0.2) is 8.42 Å². The van der Waals surface area contributed by atoms with Crippen LogP contribution in [0, 0.1) is 5.92 Å². The Morgan fingerprint density at radius 2 is 2.05 bits per heavy atom. The Hall–Kier alpha value is -1.41. The molecule has 1 aromatic rings. The maximum atomic E-state index is 12.2. The fourth-order valence-electron chi connectivity index (χ4n) is 1.62.